The first-order valence-corrected chi connectivity index (χ1v) is 6.28. The van der Waals surface area contributed by atoms with E-state index < -0.39 is 0 Å². The normalized spacial score (nSPS) is 24.5. The number of aliphatic hydroxyl groups excluding tert-OH is 1. The summed E-state index contributed by atoms with van der Waals surface area (Å²) >= 11 is 0. The highest BCUT2D eigenvalue weighted by Crippen LogP contribution is 2.26. The van der Waals surface area contributed by atoms with Gasteiger partial charge in [0, 0.05) is 32.6 Å². The molecule has 1 fully saturated rings. The first kappa shape index (κ1) is 13.3. The number of amides is 2. The van der Waals surface area contributed by atoms with Crippen molar-refractivity contribution in [2.24, 2.45) is 5.92 Å². The van der Waals surface area contributed by atoms with Crippen LogP contribution in [0.15, 0.2) is 0 Å². The van der Waals surface area contributed by atoms with Gasteiger partial charge < -0.3 is 14.9 Å². The number of hydrogen-bond acceptors (Lipinski definition) is 2. The third-order valence-corrected chi connectivity index (χ3v) is 3.49. The summed E-state index contributed by atoms with van der Waals surface area (Å²) in [6.07, 6.45) is 2.79. The number of carbonyl (C=O) groups is 1. The summed E-state index contributed by atoms with van der Waals surface area (Å²) in [5.74, 6) is 0.268. The largest absolute Gasteiger partial charge is 0.393 e. The molecule has 0 aromatic rings. The van der Waals surface area contributed by atoms with Crippen molar-refractivity contribution in [2.45, 2.75) is 39.2 Å². The molecule has 4 heteroatoms. The fourth-order valence-corrected chi connectivity index (χ4v) is 2.40. The number of rotatable bonds is 4. The van der Waals surface area contributed by atoms with E-state index in [0.29, 0.717) is 6.54 Å². The lowest BCUT2D eigenvalue weighted by atomic mass is 10.1. The zero-order chi connectivity index (χ0) is 12.1. The molecule has 0 spiro atoms. The average Bonchev–Trinajstić information content (AvgIpc) is 2.66. The monoisotopic (exact) mass is 228 g/mol. The van der Waals surface area contributed by atoms with Gasteiger partial charge in [0.1, 0.15) is 0 Å². The van der Waals surface area contributed by atoms with Gasteiger partial charge in [-0.15, -0.1) is 0 Å². The molecule has 0 heterocycles. The Morgan fingerprint density at radius 3 is 2.38 bits per heavy atom. The molecule has 16 heavy (non-hydrogen) atoms. The molecule has 1 saturated carbocycles. The Labute approximate surface area is 98.2 Å². The van der Waals surface area contributed by atoms with E-state index in [1.807, 2.05) is 20.9 Å². The van der Waals surface area contributed by atoms with Gasteiger partial charge in [0.05, 0.1) is 6.10 Å². The van der Waals surface area contributed by atoms with Crippen molar-refractivity contribution in [1.82, 2.24) is 9.80 Å². The molecule has 0 radical (unpaired) electrons. The van der Waals surface area contributed by atoms with Crippen molar-refractivity contribution in [3.63, 3.8) is 0 Å². The Kier molecular flexibility index (Phi) is 5.06. The third kappa shape index (κ3) is 3.11. The van der Waals surface area contributed by atoms with Crippen molar-refractivity contribution in [2.75, 3.05) is 26.7 Å². The maximum absolute atomic E-state index is 12.0. The highest BCUT2D eigenvalue weighted by Gasteiger charge is 2.28. The minimum atomic E-state index is -0.216. The number of urea groups is 1. The molecule has 2 atom stereocenters. The van der Waals surface area contributed by atoms with Crippen LogP contribution in [0.2, 0.25) is 0 Å². The second-order valence-electron chi connectivity index (χ2n) is 4.59. The zero-order valence-electron chi connectivity index (χ0n) is 10.6. The van der Waals surface area contributed by atoms with Gasteiger partial charge in [-0.25, -0.2) is 4.79 Å². The van der Waals surface area contributed by atoms with Crippen molar-refractivity contribution in [3.8, 4) is 0 Å². The van der Waals surface area contributed by atoms with E-state index in [1.54, 1.807) is 9.80 Å². The fraction of sp³-hybridized carbons (Fsp3) is 0.917. The minimum absolute atomic E-state index is 0.0732. The second-order valence-corrected chi connectivity index (χ2v) is 4.59. The molecule has 1 N–H and O–H groups in total. The summed E-state index contributed by atoms with van der Waals surface area (Å²) in [6, 6.07) is 0.0732. The molecule has 1 aliphatic carbocycles. The quantitative estimate of drug-likeness (QED) is 0.793. The van der Waals surface area contributed by atoms with Crippen LogP contribution < -0.4 is 0 Å². The van der Waals surface area contributed by atoms with E-state index in [1.165, 1.54) is 0 Å². The van der Waals surface area contributed by atoms with Gasteiger partial charge >= 0.3 is 6.03 Å². The van der Waals surface area contributed by atoms with Crippen LogP contribution in [0.1, 0.15) is 33.1 Å². The highest BCUT2D eigenvalue weighted by atomic mass is 16.3. The highest BCUT2D eigenvalue weighted by molar-refractivity contribution is 5.74. The van der Waals surface area contributed by atoms with Gasteiger partial charge in [0.25, 0.3) is 0 Å². The summed E-state index contributed by atoms with van der Waals surface area (Å²) in [5.41, 5.74) is 0. The van der Waals surface area contributed by atoms with Gasteiger partial charge in [0.15, 0.2) is 0 Å². The first-order valence-electron chi connectivity index (χ1n) is 6.28. The molecule has 0 aromatic carbocycles. The van der Waals surface area contributed by atoms with E-state index in [2.05, 4.69) is 0 Å². The lowest BCUT2D eigenvalue weighted by Gasteiger charge is -2.29. The molecule has 4 nitrogen and oxygen atoms in total. The van der Waals surface area contributed by atoms with Crippen LogP contribution in [0, 0.1) is 5.92 Å². The SMILES string of the molecule is CCN(CC)C(=O)N(C)CC1CCCC1O. The first-order chi connectivity index (χ1) is 7.60. The topological polar surface area (TPSA) is 43.8 Å². The smallest absolute Gasteiger partial charge is 0.319 e. The summed E-state index contributed by atoms with van der Waals surface area (Å²) < 4.78 is 0. The standard InChI is InChI=1S/C12H24N2O2/c1-4-14(5-2)12(16)13(3)9-10-7-6-8-11(10)15/h10-11,15H,4-9H2,1-3H3. The van der Waals surface area contributed by atoms with Crippen molar-refractivity contribution >= 4 is 6.03 Å². The molecule has 0 saturated heterocycles. The van der Waals surface area contributed by atoms with Crippen LogP contribution in [-0.4, -0.2) is 53.7 Å². The lowest BCUT2D eigenvalue weighted by molar-refractivity contribution is 0.106. The number of nitrogens with zero attached hydrogens (tertiary/aromatic N) is 2. The molecule has 0 aliphatic heterocycles. The average molecular weight is 228 g/mol. The van der Waals surface area contributed by atoms with Gasteiger partial charge in [0.2, 0.25) is 0 Å². The molecule has 94 valence electrons. The number of carbonyl (C=O) groups excluding carboxylic acids is 1. The molecule has 0 bridgehead atoms. The predicted molar refractivity (Wildman–Crippen MR) is 64.3 cm³/mol. The van der Waals surface area contributed by atoms with E-state index in [0.717, 1.165) is 32.4 Å². The second kappa shape index (κ2) is 6.09. The van der Waals surface area contributed by atoms with Crippen LogP contribution in [0.25, 0.3) is 0 Å². The van der Waals surface area contributed by atoms with Crippen molar-refractivity contribution in [3.05, 3.63) is 0 Å². The fourth-order valence-electron chi connectivity index (χ4n) is 2.40. The van der Waals surface area contributed by atoms with E-state index in [4.69, 9.17) is 0 Å². The van der Waals surface area contributed by atoms with Gasteiger partial charge in [-0.2, -0.15) is 0 Å². The Hall–Kier alpha value is -0.770. The molecule has 1 aliphatic rings. The Balaban J connectivity index is 2.44. The Morgan fingerprint density at radius 2 is 1.94 bits per heavy atom. The zero-order valence-corrected chi connectivity index (χ0v) is 10.6. The van der Waals surface area contributed by atoms with Crippen LogP contribution in [-0.2, 0) is 0 Å². The van der Waals surface area contributed by atoms with Gasteiger partial charge in [-0.1, -0.05) is 6.42 Å². The maximum Gasteiger partial charge on any atom is 0.319 e. The van der Waals surface area contributed by atoms with Crippen molar-refractivity contribution in [1.29, 1.82) is 0 Å². The summed E-state index contributed by atoms with van der Waals surface area (Å²) in [6.45, 7) is 6.13. The molecule has 0 aromatic heterocycles. The molecule has 1 rings (SSSR count). The third-order valence-electron chi connectivity index (χ3n) is 3.49. The number of aliphatic hydroxyl groups is 1. The predicted octanol–water partition coefficient (Wildman–Crippen LogP) is 1.54. The summed E-state index contributed by atoms with van der Waals surface area (Å²) in [4.78, 5) is 15.5. The van der Waals surface area contributed by atoms with Crippen LogP contribution in [0.5, 0.6) is 0 Å². The van der Waals surface area contributed by atoms with E-state index in [-0.39, 0.29) is 18.1 Å². The van der Waals surface area contributed by atoms with Gasteiger partial charge in [-0.3, -0.25) is 0 Å². The van der Waals surface area contributed by atoms with Crippen LogP contribution >= 0.6 is 0 Å². The Bertz CT molecular complexity index is 229. The maximum atomic E-state index is 12.0. The summed E-state index contributed by atoms with van der Waals surface area (Å²) in [7, 11) is 1.83. The molecular weight excluding hydrogens is 204 g/mol. The van der Waals surface area contributed by atoms with E-state index in [9.17, 15) is 9.90 Å². The van der Waals surface area contributed by atoms with Crippen LogP contribution in [0.4, 0.5) is 4.79 Å². The lowest BCUT2D eigenvalue weighted by Crippen LogP contribution is -2.43. The Morgan fingerprint density at radius 1 is 1.31 bits per heavy atom. The minimum Gasteiger partial charge on any atom is -0.393 e. The van der Waals surface area contributed by atoms with Crippen LogP contribution in [0.3, 0.4) is 0 Å². The molecule has 2 unspecified atom stereocenters. The molecular formula is C12H24N2O2. The number of hydrogen-bond donors (Lipinski definition) is 1. The van der Waals surface area contributed by atoms with E-state index >= 15 is 0 Å². The van der Waals surface area contributed by atoms with Gasteiger partial charge in [-0.05, 0) is 26.7 Å². The molecule has 2 amide bonds. The van der Waals surface area contributed by atoms with Crippen molar-refractivity contribution < 1.29 is 9.90 Å². The summed E-state index contributed by atoms with van der Waals surface area (Å²) in [5, 5.41) is 9.72.